The number of ether oxygens (including phenoxy) is 2. The topological polar surface area (TPSA) is 30.5 Å². The molecule has 2 aliphatic carbocycles. The molecule has 1 fully saturated rings. The summed E-state index contributed by atoms with van der Waals surface area (Å²) >= 11 is 0. The fourth-order valence-corrected chi connectivity index (χ4v) is 3.26. The Morgan fingerprint density at radius 1 is 1.21 bits per heavy atom. The van der Waals surface area contributed by atoms with Gasteiger partial charge in [0.2, 0.25) is 0 Å². The number of nitrogens with one attached hydrogen (secondary N) is 1. The summed E-state index contributed by atoms with van der Waals surface area (Å²) in [5.41, 5.74) is 2.92. The van der Waals surface area contributed by atoms with Crippen LogP contribution in [0.5, 0.6) is 5.75 Å². The molecule has 0 bridgehead atoms. The molecule has 1 N–H and O–H groups in total. The third kappa shape index (κ3) is 2.63. The van der Waals surface area contributed by atoms with Crippen LogP contribution in [0.25, 0.3) is 0 Å². The van der Waals surface area contributed by atoms with Gasteiger partial charge in [0.05, 0.1) is 13.2 Å². The lowest BCUT2D eigenvalue weighted by Gasteiger charge is -2.39. The van der Waals surface area contributed by atoms with Crippen LogP contribution >= 0.6 is 0 Å². The number of hydrogen-bond donors (Lipinski definition) is 1. The Morgan fingerprint density at radius 3 is 2.79 bits per heavy atom. The van der Waals surface area contributed by atoms with Crippen molar-refractivity contribution in [2.45, 2.75) is 50.3 Å². The number of methoxy groups -OCH3 is 2. The van der Waals surface area contributed by atoms with Crippen molar-refractivity contribution in [2.24, 2.45) is 0 Å². The van der Waals surface area contributed by atoms with Gasteiger partial charge in [-0.1, -0.05) is 6.07 Å². The van der Waals surface area contributed by atoms with E-state index in [1.807, 2.05) is 7.11 Å². The van der Waals surface area contributed by atoms with E-state index in [-0.39, 0.29) is 0 Å². The first-order valence-corrected chi connectivity index (χ1v) is 7.26. The van der Waals surface area contributed by atoms with E-state index in [9.17, 15) is 0 Å². The van der Waals surface area contributed by atoms with Crippen LogP contribution in [0.3, 0.4) is 0 Å². The first kappa shape index (κ1) is 12.9. The van der Waals surface area contributed by atoms with Crippen molar-refractivity contribution in [3.05, 3.63) is 29.3 Å². The van der Waals surface area contributed by atoms with Crippen molar-refractivity contribution in [2.75, 3.05) is 14.2 Å². The Morgan fingerprint density at radius 2 is 2.05 bits per heavy atom. The van der Waals surface area contributed by atoms with E-state index in [4.69, 9.17) is 9.47 Å². The van der Waals surface area contributed by atoms with Crippen LogP contribution in [0, 0.1) is 0 Å². The van der Waals surface area contributed by atoms with Crippen LogP contribution in [-0.4, -0.2) is 26.4 Å². The fraction of sp³-hybridized carbons (Fsp3) is 0.625. The average molecular weight is 261 g/mol. The third-order valence-electron chi connectivity index (χ3n) is 4.53. The maximum Gasteiger partial charge on any atom is 0.119 e. The van der Waals surface area contributed by atoms with Crippen molar-refractivity contribution in [1.82, 2.24) is 5.32 Å². The van der Waals surface area contributed by atoms with E-state index >= 15 is 0 Å². The van der Waals surface area contributed by atoms with E-state index in [1.54, 1.807) is 7.11 Å². The highest BCUT2D eigenvalue weighted by atomic mass is 16.5. The zero-order valence-corrected chi connectivity index (χ0v) is 11.8. The van der Waals surface area contributed by atoms with Gasteiger partial charge in [0.1, 0.15) is 5.75 Å². The molecule has 2 aliphatic rings. The molecular formula is C16H23NO2. The number of benzene rings is 1. The van der Waals surface area contributed by atoms with E-state index < -0.39 is 0 Å². The van der Waals surface area contributed by atoms with Crippen LogP contribution in [0.1, 0.15) is 42.9 Å². The summed E-state index contributed by atoms with van der Waals surface area (Å²) < 4.78 is 10.7. The first-order valence-electron chi connectivity index (χ1n) is 7.26. The lowest BCUT2D eigenvalue weighted by Crippen LogP contribution is -2.46. The number of aryl methyl sites for hydroxylation is 1. The highest BCUT2D eigenvalue weighted by Crippen LogP contribution is 2.34. The molecule has 1 aromatic carbocycles. The van der Waals surface area contributed by atoms with Gasteiger partial charge in [-0.15, -0.1) is 0 Å². The maximum absolute atomic E-state index is 5.36. The zero-order valence-electron chi connectivity index (χ0n) is 11.8. The Labute approximate surface area is 115 Å². The second-order valence-electron chi connectivity index (χ2n) is 5.70. The van der Waals surface area contributed by atoms with Crippen molar-refractivity contribution < 1.29 is 9.47 Å². The standard InChI is InChI=1S/C16H23NO2/c1-18-13-7-6-11-4-3-5-16(15(11)10-13)17-12-8-14(9-12)19-2/h6-7,10,12,14,16-17H,3-5,8-9H2,1-2H3. The van der Waals surface area contributed by atoms with Gasteiger partial charge in [0, 0.05) is 19.2 Å². The summed E-state index contributed by atoms with van der Waals surface area (Å²) in [6, 6.07) is 7.61. The van der Waals surface area contributed by atoms with Crippen LogP contribution in [0.4, 0.5) is 0 Å². The lowest BCUT2D eigenvalue weighted by atomic mass is 9.83. The van der Waals surface area contributed by atoms with Crippen LogP contribution in [-0.2, 0) is 11.2 Å². The normalized spacial score (nSPS) is 29.5. The zero-order chi connectivity index (χ0) is 13.2. The monoisotopic (exact) mass is 261 g/mol. The number of rotatable bonds is 4. The quantitative estimate of drug-likeness (QED) is 0.904. The predicted octanol–water partition coefficient (Wildman–Crippen LogP) is 2.84. The second kappa shape index (κ2) is 5.51. The molecule has 0 heterocycles. The van der Waals surface area contributed by atoms with Gasteiger partial charge in [-0.05, 0) is 55.4 Å². The Balaban J connectivity index is 1.71. The molecule has 0 saturated heterocycles. The Kier molecular flexibility index (Phi) is 3.76. The molecule has 1 aromatic rings. The minimum Gasteiger partial charge on any atom is -0.497 e. The SMILES string of the molecule is COc1ccc2c(c1)C(NC1CC(OC)C1)CCC2. The summed E-state index contributed by atoms with van der Waals surface area (Å²) in [7, 11) is 3.55. The van der Waals surface area contributed by atoms with E-state index in [0.29, 0.717) is 18.2 Å². The van der Waals surface area contributed by atoms with Gasteiger partial charge in [0.15, 0.2) is 0 Å². The molecule has 3 heteroatoms. The van der Waals surface area contributed by atoms with Gasteiger partial charge in [-0.3, -0.25) is 0 Å². The molecule has 104 valence electrons. The van der Waals surface area contributed by atoms with Crippen LogP contribution in [0.15, 0.2) is 18.2 Å². The van der Waals surface area contributed by atoms with Gasteiger partial charge in [-0.2, -0.15) is 0 Å². The third-order valence-corrected chi connectivity index (χ3v) is 4.53. The van der Waals surface area contributed by atoms with Crippen molar-refractivity contribution >= 4 is 0 Å². The molecule has 1 unspecified atom stereocenters. The first-order chi connectivity index (χ1) is 9.30. The van der Waals surface area contributed by atoms with E-state index in [0.717, 1.165) is 18.6 Å². The predicted molar refractivity (Wildman–Crippen MR) is 75.6 cm³/mol. The molecule has 3 rings (SSSR count). The summed E-state index contributed by atoms with van der Waals surface area (Å²) in [5.74, 6) is 0.968. The van der Waals surface area contributed by atoms with Crippen LogP contribution in [0.2, 0.25) is 0 Å². The molecule has 0 radical (unpaired) electrons. The highest BCUT2D eigenvalue weighted by molar-refractivity contribution is 5.39. The molecule has 19 heavy (non-hydrogen) atoms. The largest absolute Gasteiger partial charge is 0.497 e. The maximum atomic E-state index is 5.36. The van der Waals surface area contributed by atoms with Gasteiger partial charge >= 0.3 is 0 Å². The summed E-state index contributed by atoms with van der Waals surface area (Å²) in [5, 5.41) is 3.79. The van der Waals surface area contributed by atoms with Crippen molar-refractivity contribution in [3.63, 3.8) is 0 Å². The average Bonchev–Trinajstić information content (AvgIpc) is 2.41. The van der Waals surface area contributed by atoms with E-state index in [2.05, 4.69) is 23.5 Å². The Bertz CT molecular complexity index is 440. The van der Waals surface area contributed by atoms with Gasteiger partial charge in [-0.25, -0.2) is 0 Å². The van der Waals surface area contributed by atoms with Crippen LogP contribution < -0.4 is 10.1 Å². The van der Waals surface area contributed by atoms with Gasteiger partial charge in [0.25, 0.3) is 0 Å². The van der Waals surface area contributed by atoms with Gasteiger partial charge < -0.3 is 14.8 Å². The highest BCUT2D eigenvalue weighted by Gasteiger charge is 2.32. The molecule has 0 aromatic heterocycles. The minimum atomic E-state index is 0.464. The molecule has 3 nitrogen and oxygen atoms in total. The summed E-state index contributed by atoms with van der Waals surface area (Å²) in [6.45, 7) is 0. The fourth-order valence-electron chi connectivity index (χ4n) is 3.26. The number of hydrogen-bond acceptors (Lipinski definition) is 3. The molecule has 1 atom stereocenters. The minimum absolute atomic E-state index is 0.464. The molecule has 1 saturated carbocycles. The Hall–Kier alpha value is -1.06. The molecule has 0 aliphatic heterocycles. The molecule has 0 amide bonds. The molecular weight excluding hydrogens is 238 g/mol. The second-order valence-corrected chi connectivity index (χ2v) is 5.70. The van der Waals surface area contributed by atoms with E-state index in [1.165, 1.54) is 30.4 Å². The summed E-state index contributed by atoms with van der Waals surface area (Å²) in [4.78, 5) is 0. The lowest BCUT2D eigenvalue weighted by molar-refractivity contribution is 0.0135. The number of fused-ring (bicyclic) bond motifs is 1. The van der Waals surface area contributed by atoms with Crippen molar-refractivity contribution in [1.29, 1.82) is 0 Å². The van der Waals surface area contributed by atoms with Crippen molar-refractivity contribution in [3.8, 4) is 5.75 Å². The smallest absolute Gasteiger partial charge is 0.119 e. The summed E-state index contributed by atoms with van der Waals surface area (Å²) in [6.07, 6.45) is 6.46. The molecule has 0 spiro atoms.